The van der Waals surface area contributed by atoms with Gasteiger partial charge in [0.15, 0.2) is 0 Å². The van der Waals surface area contributed by atoms with Crippen molar-refractivity contribution in [2.75, 3.05) is 11.9 Å². The first-order valence-corrected chi connectivity index (χ1v) is 6.77. The summed E-state index contributed by atoms with van der Waals surface area (Å²) >= 11 is 0. The lowest BCUT2D eigenvalue weighted by molar-refractivity contribution is -0.131. The molecule has 112 valence electrons. The summed E-state index contributed by atoms with van der Waals surface area (Å²) in [6.45, 7) is 6.23. The van der Waals surface area contributed by atoms with E-state index in [1.165, 1.54) is 10.9 Å². The third-order valence-electron chi connectivity index (χ3n) is 3.61. The van der Waals surface area contributed by atoms with Gasteiger partial charge in [-0.05, 0) is 20.8 Å². The van der Waals surface area contributed by atoms with E-state index in [0.29, 0.717) is 17.9 Å². The number of anilines is 1. The first kappa shape index (κ1) is 15.0. The topological polar surface area (TPSA) is 91.0 Å². The molecule has 7 heteroatoms. The normalized spacial score (nSPS) is 18.7. The molecule has 0 spiro atoms. The Morgan fingerprint density at radius 3 is 2.71 bits per heavy atom. The van der Waals surface area contributed by atoms with Crippen LogP contribution in [0.1, 0.15) is 32.8 Å². The van der Waals surface area contributed by atoms with Gasteiger partial charge in [0, 0.05) is 25.6 Å². The molecule has 1 unspecified atom stereocenters. The number of nitrogens with zero attached hydrogens (tertiary/aromatic N) is 4. The standard InChI is InChI=1S/C14H19N5O2/c1-14(2,3)19-8-9(5-11(19)20)13(21)17-12-10(6-15)7-16-18(12)4/h7,9H,5,8H2,1-4H3,(H,17,21). The molecule has 1 atom stereocenters. The Labute approximate surface area is 123 Å². The molecule has 1 saturated heterocycles. The Balaban J connectivity index is 2.11. The predicted octanol–water partition coefficient (Wildman–Crippen LogP) is 0.877. The van der Waals surface area contributed by atoms with Crippen molar-refractivity contribution in [3.05, 3.63) is 11.8 Å². The second kappa shape index (κ2) is 5.20. The number of aryl methyl sites for hydroxylation is 1. The summed E-state index contributed by atoms with van der Waals surface area (Å²) in [7, 11) is 1.65. The van der Waals surface area contributed by atoms with Crippen molar-refractivity contribution in [3.63, 3.8) is 0 Å². The minimum absolute atomic E-state index is 0.0202. The van der Waals surface area contributed by atoms with Crippen molar-refractivity contribution in [3.8, 4) is 6.07 Å². The molecule has 2 heterocycles. The van der Waals surface area contributed by atoms with Crippen LogP contribution in [0.3, 0.4) is 0 Å². The average Bonchev–Trinajstić information content (AvgIpc) is 2.93. The Morgan fingerprint density at radius 1 is 1.52 bits per heavy atom. The maximum Gasteiger partial charge on any atom is 0.230 e. The van der Waals surface area contributed by atoms with Gasteiger partial charge in [-0.1, -0.05) is 0 Å². The van der Waals surface area contributed by atoms with E-state index >= 15 is 0 Å². The molecule has 2 rings (SSSR count). The van der Waals surface area contributed by atoms with Crippen molar-refractivity contribution in [1.29, 1.82) is 5.26 Å². The van der Waals surface area contributed by atoms with E-state index in [9.17, 15) is 9.59 Å². The van der Waals surface area contributed by atoms with E-state index in [4.69, 9.17) is 5.26 Å². The number of carbonyl (C=O) groups excluding carboxylic acids is 2. The molecule has 1 aromatic heterocycles. The van der Waals surface area contributed by atoms with Gasteiger partial charge < -0.3 is 10.2 Å². The van der Waals surface area contributed by atoms with Gasteiger partial charge in [0.25, 0.3) is 0 Å². The summed E-state index contributed by atoms with van der Waals surface area (Å²) in [5, 5.41) is 15.6. The molecule has 2 amide bonds. The molecule has 7 nitrogen and oxygen atoms in total. The van der Waals surface area contributed by atoms with Gasteiger partial charge in [-0.3, -0.25) is 14.3 Å². The lowest BCUT2D eigenvalue weighted by atomic mass is 10.1. The summed E-state index contributed by atoms with van der Waals surface area (Å²) in [5.41, 5.74) is 0.0130. The fourth-order valence-corrected chi connectivity index (χ4v) is 2.42. The maximum atomic E-state index is 12.3. The molecule has 1 fully saturated rings. The number of nitrogens with one attached hydrogen (secondary N) is 1. The zero-order valence-electron chi connectivity index (χ0n) is 12.7. The van der Waals surface area contributed by atoms with Crippen LogP contribution < -0.4 is 5.32 Å². The molecule has 0 radical (unpaired) electrons. The summed E-state index contributed by atoms with van der Waals surface area (Å²) in [6.07, 6.45) is 1.60. The first-order chi connectivity index (χ1) is 9.74. The zero-order chi connectivity index (χ0) is 15.8. The molecule has 1 aromatic rings. The monoisotopic (exact) mass is 289 g/mol. The van der Waals surface area contributed by atoms with E-state index in [2.05, 4.69) is 10.4 Å². The highest BCUT2D eigenvalue weighted by Crippen LogP contribution is 2.27. The van der Waals surface area contributed by atoms with E-state index in [-0.39, 0.29) is 23.8 Å². The number of likely N-dealkylation sites (tertiary alicyclic amines) is 1. The van der Waals surface area contributed by atoms with Crippen LogP contribution in [0, 0.1) is 17.2 Å². The molecule has 1 aliphatic heterocycles. The second-order valence-corrected chi connectivity index (χ2v) is 6.21. The number of rotatable bonds is 2. The van der Waals surface area contributed by atoms with Crippen LogP contribution in [0.5, 0.6) is 0 Å². The number of carbonyl (C=O) groups is 2. The third kappa shape index (κ3) is 2.89. The lowest BCUT2D eigenvalue weighted by Gasteiger charge is -2.31. The molecule has 0 aromatic carbocycles. The molecule has 21 heavy (non-hydrogen) atoms. The fourth-order valence-electron chi connectivity index (χ4n) is 2.42. The van der Waals surface area contributed by atoms with Crippen LogP contribution in [0.4, 0.5) is 5.82 Å². The van der Waals surface area contributed by atoms with E-state index in [1.807, 2.05) is 26.8 Å². The highest BCUT2D eigenvalue weighted by atomic mass is 16.2. The van der Waals surface area contributed by atoms with Gasteiger partial charge in [0.05, 0.1) is 12.1 Å². The fraction of sp³-hybridized carbons (Fsp3) is 0.571. The number of amides is 2. The number of hydrogen-bond acceptors (Lipinski definition) is 4. The van der Waals surface area contributed by atoms with E-state index in [0.717, 1.165) is 0 Å². The van der Waals surface area contributed by atoms with E-state index in [1.54, 1.807) is 11.9 Å². The summed E-state index contributed by atoms with van der Waals surface area (Å²) in [6, 6.07) is 1.98. The number of aromatic nitrogens is 2. The molecular weight excluding hydrogens is 270 g/mol. The van der Waals surface area contributed by atoms with Crippen LogP contribution in [0.25, 0.3) is 0 Å². The van der Waals surface area contributed by atoms with Crippen molar-refractivity contribution in [2.24, 2.45) is 13.0 Å². The Bertz CT molecular complexity index is 620. The zero-order valence-corrected chi connectivity index (χ0v) is 12.7. The summed E-state index contributed by atoms with van der Waals surface area (Å²) in [5.74, 6) is -0.314. The molecule has 0 saturated carbocycles. The van der Waals surface area contributed by atoms with Gasteiger partial charge >= 0.3 is 0 Å². The number of nitriles is 1. The molecular formula is C14H19N5O2. The lowest BCUT2D eigenvalue weighted by Crippen LogP contribution is -2.42. The minimum atomic E-state index is -0.404. The predicted molar refractivity (Wildman–Crippen MR) is 76.1 cm³/mol. The van der Waals surface area contributed by atoms with Gasteiger partial charge in [-0.25, -0.2) is 0 Å². The highest BCUT2D eigenvalue weighted by Gasteiger charge is 2.39. The van der Waals surface area contributed by atoms with Crippen LogP contribution >= 0.6 is 0 Å². The van der Waals surface area contributed by atoms with Crippen LogP contribution in [0.2, 0.25) is 0 Å². The minimum Gasteiger partial charge on any atom is -0.337 e. The first-order valence-electron chi connectivity index (χ1n) is 6.77. The van der Waals surface area contributed by atoms with Gasteiger partial charge in [0.1, 0.15) is 17.5 Å². The molecule has 0 aliphatic carbocycles. The summed E-state index contributed by atoms with van der Waals surface area (Å²) in [4.78, 5) is 26.0. The highest BCUT2D eigenvalue weighted by molar-refractivity contribution is 5.97. The third-order valence-corrected chi connectivity index (χ3v) is 3.61. The van der Waals surface area contributed by atoms with Crippen molar-refractivity contribution < 1.29 is 9.59 Å². The SMILES string of the molecule is Cn1ncc(C#N)c1NC(=O)C1CC(=O)N(C(C)(C)C)C1. The molecule has 1 aliphatic rings. The average molecular weight is 289 g/mol. The van der Waals surface area contributed by atoms with E-state index < -0.39 is 5.92 Å². The van der Waals surface area contributed by atoms with Crippen LogP contribution in [0.15, 0.2) is 6.20 Å². The maximum absolute atomic E-state index is 12.3. The Hall–Kier alpha value is -2.36. The Morgan fingerprint density at radius 2 is 2.19 bits per heavy atom. The van der Waals surface area contributed by atoms with Crippen molar-refractivity contribution >= 4 is 17.6 Å². The Kier molecular flexibility index (Phi) is 3.73. The number of hydrogen-bond donors (Lipinski definition) is 1. The summed E-state index contributed by atoms with van der Waals surface area (Å²) < 4.78 is 1.44. The largest absolute Gasteiger partial charge is 0.337 e. The van der Waals surface area contributed by atoms with Gasteiger partial charge in [-0.15, -0.1) is 0 Å². The quantitative estimate of drug-likeness (QED) is 0.874. The van der Waals surface area contributed by atoms with Crippen LogP contribution in [-0.4, -0.2) is 38.6 Å². The molecule has 0 bridgehead atoms. The van der Waals surface area contributed by atoms with Gasteiger partial charge in [0.2, 0.25) is 11.8 Å². The van der Waals surface area contributed by atoms with Crippen molar-refractivity contribution in [2.45, 2.75) is 32.7 Å². The van der Waals surface area contributed by atoms with Crippen LogP contribution in [-0.2, 0) is 16.6 Å². The second-order valence-electron chi connectivity index (χ2n) is 6.21. The smallest absolute Gasteiger partial charge is 0.230 e. The van der Waals surface area contributed by atoms with Gasteiger partial charge in [-0.2, -0.15) is 10.4 Å². The molecule has 1 N–H and O–H groups in total. The van der Waals surface area contributed by atoms with Crippen molar-refractivity contribution in [1.82, 2.24) is 14.7 Å².